The van der Waals surface area contributed by atoms with Crippen molar-refractivity contribution in [2.45, 2.75) is 18.5 Å². The van der Waals surface area contributed by atoms with Crippen LogP contribution in [0.3, 0.4) is 0 Å². The van der Waals surface area contributed by atoms with E-state index in [1.807, 2.05) is 11.9 Å². The molecule has 1 saturated heterocycles. The van der Waals surface area contributed by atoms with Gasteiger partial charge in [-0.05, 0) is 31.7 Å². The second-order valence-corrected chi connectivity index (χ2v) is 4.04. The Bertz CT molecular complexity index is 358. The van der Waals surface area contributed by atoms with E-state index in [1.165, 1.54) is 6.07 Å². The van der Waals surface area contributed by atoms with Crippen molar-refractivity contribution in [2.75, 3.05) is 13.6 Å². The average molecular weight is 212 g/mol. The van der Waals surface area contributed by atoms with Crippen LogP contribution >= 0.6 is 0 Å². The third-order valence-corrected chi connectivity index (χ3v) is 2.97. The Kier molecular flexibility index (Phi) is 2.71. The zero-order valence-corrected chi connectivity index (χ0v) is 8.58. The van der Waals surface area contributed by atoms with Crippen LogP contribution in [0.5, 0.6) is 0 Å². The Morgan fingerprint density at radius 1 is 1.40 bits per heavy atom. The maximum Gasteiger partial charge on any atom is 0.128 e. The van der Waals surface area contributed by atoms with Crippen molar-refractivity contribution >= 4 is 0 Å². The summed E-state index contributed by atoms with van der Waals surface area (Å²) in [7, 11) is 1.88. The van der Waals surface area contributed by atoms with E-state index < -0.39 is 5.82 Å². The van der Waals surface area contributed by atoms with Crippen molar-refractivity contribution in [1.29, 1.82) is 0 Å². The van der Waals surface area contributed by atoms with Crippen molar-refractivity contribution in [3.8, 4) is 0 Å². The van der Waals surface area contributed by atoms with Gasteiger partial charge in [0, 0.05) is 18.2 Å². The number of hydrogen-bond donors (Lipinski definition) is 1. The molecule has 4 heteroatoms. The molecule has 1 aromatic carbocycles. The molecule has 82 valence electrons. The fraction of sp³-hybridized carbons (Fsp3) is 0.455. The Hall–Kier alpha value is -1.00. The lowest BCUT2D eigenvalue weighted by molar-refractivity contribution is 0.295. The highest BCUT2D eigenvalue weighted by molar-refractivity contribution is 5.25. The molecular formula is C11H14F2N2. The number of rotatable bonds is 1. The maximum atomic E-state index is 13.5. The number of likely N-dealkylation sites (N-methyl/N-ethyl adjacent to an activating group) is 1. The molecule has 0 saturated carbocycles. The average Bonchev–Trinajstić information content (AvgIpc) is 2.51. The summed E-state index contributed by atoms with van der Waals surface area (Å²) in [6.45, 7) is 0.821. The zero-order valence-electron chi connectivity index (χ0n) is 8.58. The van der Waals surface area contributed by atoms with Crippen molar-refractivity contribution < 1.29 is 8.78 Å². The van der Waals surface area contributed by atoms with Gasteiger partial charge in [0.05, 0.1) is 6.04 Å². The van der Waals surface area contributed by atoms with Gasteiger partial charge in [0.15, 0.2) is 0 Å². The zero-order chi connectivity index (χ0) is 11.0. The highest BCUT2D eigenvalue weighted by atomic mass is 19.1. The first-order valence-electron chi connectivity index (χ1n) is 5.00. The van der Waals surface area contributed by atoms with Crippen LogP contribution in [0.1, 0.15) is 18.0 Å². The smallest absolute Gasteiger partial charge is 0.128 e. The third-order valence-electron chi connectivity index (χ3n) is 2.97. The monoisotopic (exact) mass is 212 g/mol. The Labute approximate surface area is 87.7 Å². The normalized spacial score (nSPS) is 27.2. The molecule has 1 aromatic rings. The lowest BCUT2D eigenvalue weighted by Gasteiger charge is -2.23. The topological polar surface area (TPSA) is 29.3 Å². The highest BCUT2D eigenvalue weighted by Gasteiger charge is 2.32. The molecule has 0 aliphatic carbocycles. The molecule has 1 aliphatic heterocycles. The van der Waals surface area contributed by atoms with Crippen molar-refractivity contribution in [1.82, 2.24) is 4.90 Å². The summed E-state index contributed by atoms with van der Waals surface area (Å²) in [5, 5.41) is 0. The van der Waals surface area contributed by atoms with E-state index in [4.69, 9.17) is 5.73 Å². The predicted octanol–water partition coefficient (Wildman–Crippen LogP) is 1.67. The number of benzene rings is 1. The SMILES string of the molecule is CN1CCC(N)C1c1cc(F)ccc1F. The first-order valence-corrected chi connectivity index (χ1v) is 5.00. The summed E-state index contributed by atoms with van der Waals surface area (Å²) in [6.07, 6.45) is 0.817. The van der Waals surface area contributed by atoms with Gasteiger partial charge in [-0.25, -0.2) is 8.78 Å². The van der Waals surface area contributed by atoms with Crippen LogP contribution in [0.4, 0.5) is 8.78 Å². The molecule has 1 aliphatic rings. The summed E-state index contributed by atoms with van der Waals surface area (Å²) in [5.41, 5.74) is 6.25. The van der Waals surface area contributed by atoms with Gasteiger partial charge in [-0.15, -0.1) is 0 Å². The second-order valence-electron chi connectivity index (χ2n) is 4.04. The largest absolute Gasteiger partial charge is 0.326 e. The number of likely N-dealkylation sites (tertiary alicyclic amines) is 1. The van der Waals surface area contributed by atoms with Crippen LogP contribution < -0.4 is 5.73 Å². The van der Waals surface area contributed by atoms with E-state index in [2.05, 4.69) is 0 Å². The van der Waals surface area contributed by atoms with Gasteiger partial charge in [-0.3, -0.25) is 4.90 Å². The molecule has 0 bridgehead atoms. The first-order chi connectivity index (χ1) is 7.09. The van der Waals surface area contributed by atoms with Crippen LogP contribution in [0.15, 0.2) is 18.2 Å². The summed E-state index contributed by atoms with van der Waals surface area (Å²) >= 11 is 0. The molecule has 0 radical (unpaired) electrons. The molecule has 2 nitrogen and oxygen atoms in total. The second kappa shape index (κ2) is 3.87. The summed E-state index contributed by atoms with van der Waals surface area (Å²) in [6, 6.07) is 3.19. The van der Waals surface area contributed by atoms with Crippen LogP contribution in [0.2, 0.25) is 0 Å². The van der Waals surface area contributed by atoms with Gasteiger partial charge < -0.3 is 5.73 Å². The Morgan fingerprint density at radius 3 is 2.73 bits per heavy atom. The summed E-state index contributed by atoms with van der Waals surface area (Å²) in [4.78, 5) is 1.96. The standard InChI is InChI=1S/C11H14F2N2/c1-15-5-4-10(14)11(15)8-6-7(12)2-3-9(8)13/h2-3,6,10-11H,4-5,14H2,1H3. The third kappa shape index (κ3) is 1.87. The summed E-state index contributed by atoms with van der Waals surface area (Å²) < 4.78 is 26.5. The van der Waals surface area contributed by atoms with Crippen LogP contribution in [-0.4, -0.2) is 24.5 Å². The molecular weight excluding hydrogens is 198 g/mol. The van der Waals surface area contributed by atoms with Crippen LogP contribution in [0, 0.1) is 11.6 Å². The fourth-order valence-corrected chi connectivity index (χ4v) is 2.19. The lowest BCUT2D eigenvalue weighted by atomic mass is 10.0. The van der Waals surface area contributed by atoms with Crippen molar-refractivity contribution in [3.05, 3.63) is 35.4 Å². The van der Waals surface area contributed by atoms with Crippen molar-refractivity contribution in [2.24, 2.45) is 5.73 Å². The van der Waals surface area contributed by atoms with E-state index in [-0.39, 0.29) is 17.9 Å². The lowest BCUT2D eigenvalue weighted by Crippen LogP contribution is -2.30. The van der Waals surface area contributed by atoms with E-state index in [0.717, 1.165) is 25.1 Å². The molecule has 0 amide bonds. The van der Waals surface area contributed by atoms with Gasteiger partial charge in [0.25, 0.3) is 0 Å². The van der Waals surface area contributed by atoms with E-state index in [1.54, 1.807) is 0 Å². The fourth-order valence-electron chi connectivity index (χ4n) is 2.19. The Morgan fingerprint density at radius 2 is 2.13 bits per heavy atom. The minimum atomic E-state index is -0.418. The van der Waals surface area contributed by atoms with E-state index in [9.17, 15) is 8.78 Å². The minimum Gasteiger partial charge on any atom is -0.326 e. The summed E-state index contributed by atoms with van der Waals surface area (Å²) in [5.74, 6) is -0.801. The molecule has 2 N–H and O–H groups in total. The highest BCUT2D eigenvalue weighted by Crippen LogP contribution is 2.31. The van der Waals surface area contributed by atoms with Crippen LogP contribution in [-0.2, 0) is 0 Å². The maximum absolute atomic E-state index is 13.5. The molecule has 1 heterocycles. The quantitative estimate of drug-likeness (QED) is 0.767. The van der Waals surface area contributed by atoms with Gasteiger partial charge in [-0.2, -0.15) is 0 Å². The molecule has 0 aromatic heterocycles. The molecule has 2 atom stereocenters. The molecule has 2 unspecified atom stereocenters. The van der Waals surface area contributed by atoms with Crippen molar-refractivity contribution in [3.63, 3.8) is 0 Å². The van der Waals surface area contributed by atoms with Crippen LogP contribution in [0.25, 0.3) is 0 Å². The number of hydrogen-bond acceptors (Lipinski definition) is 2. The predicted molar refractivity (Wildman–Crippen MR) is 54.3 cm³/mol. The minimum absolute atomic E-state index is 0.119. The van der Waals surface area contributed by atoms with E-state index >= 15 is 0 Å². The Balaban J connectivity index is 2.39. The van der Waals surface area contributed by atoms with E-state index in [0.29, 0.717) is 5.56 Å². The van der Waals surface area contributed by atoms with Gasteiger partial charge in [-0.1, -0.05) is 0 Å². The van der Waals surface area contributed by atoms with Gasteiger partial charge in [0.1, 0.15) is 11.6 Å². The molecule has 0 spiro atoms. The molecule has 2 rings (SSSR count). The first kappa shape index (κ1) is 10.5. The molecule has 1 fully saturated rings. The molecule has 15 heavy (non-hydrogen) atoms. The number of halogens is 2. The van der Waals surface area contributed by atoms with Gasteiger partial charge >= 0.3 is 0 Å². The number of nitrogens with zero attached hydrogens (tertiary/aromatic N) is 1. The van der Waals surface area contributed by atoms with Gasteiger partial charge in [0.2, 0.25) is 0 Å². The number of nitrogens with two attached hydrogens (primary N) is 1.